The van der Waals surface area contributed by atoms with Crippen LogP contribution in [0.2, 0.25) is 10.0 Å². The van der Waals surface area contributed by atoms with E-state index in [0.29, 0.717) is 28.6 Å². The molecule has 1 aromatic carbocycles. The number of thiophene rings is 1. The normalized spacial score (nSPS) is 10.8. The smallest absolute Gasteiger partial charge is 0.341 e. The van der Waals surface area contributed by atoms with E-state index in [1.165, 1.54) is 12.1 Å². The molecule has 0 aliphatic heterocycles. The molecule has 0 saturated heterocycles. The molecule has 9 heteroatoms. The van der Waals surface area contributed by atoms with Gasteiger partial charge in [0.1, 0.15) is 5.00 Å². The summed E-state index contributed by atoms with van der Waals surface area (Å²) in [5.41, 5.74) is 0.842. The van der Waals surface area contributed by atoms with E-state index in [1.54, 1.807) is 31.7 Å². The van der Waals surface area contributed by atoms with Crippen LogP contribution in [0.4, 0.5) is 5.00 Å². The second-order valence-electron chi connectivity index (χ2n) is 6.77. The number of esters is 1. The van der Waals surface area contributed by atoms with Crippen LogP contribution in [0, 0.1) is 6.92 Å². The molecule has 0 aliphatic carbocycles. The predicted molar refractivity (Wildman–Crippen MR) is 121 cm³/mol. The zero-order valence-corrected chi connectivity index (χ0v) is 19.8. The Morgan fingerprint density at radius 1 is 1.17 bits per heavy atom. The molecular weight excluding hydrogens is 447 g/mol. The Bertz CT molecular complexity index is 968. The molecule has 0 radical (unpaired) electrons. The fraction of sp³-hybridized carbons (Fsp3) is 0.381. The van der Waals surface area contributed by atoms with Gasteiger partial charge < -0.3 is 15.0 Å². The SMILES string of the molecule is CCN(CC)C(=O)c1sc(NC(=O)c2ccc(Cl)cc2Cl)c(C(=O)OC(C)C)c1C. The highest BCUT2D eigenvalue weighted by molar-refractivity contribution is 7.18. The van der Waals surface area contributed by atoms with Crippen molar-refractivity contribution in [2.24, 2.45) is 0 Å². The maximum atomic E-state index is 12.9. The summed E-state index contributed by atoms with van der Waals surface area (Å²) in [5, 5.41) is 3.53. The molecule has 0 aliphatic rings. The average molecular weight is 471 g/mol. The third-order valence-electron chi connectivity index (χ3n) is 4.34. The van der Waals surface area contributed by atoms with Crippen LogP contribution in [0.5, 0.6) is 0 Å². The molecule has 6 nitrogen and oxygen atoms in total. The monoisotopic (exact) mass is 470 g/mol. The molecule has 2 rings (SSSR count). The van der Waals surface area contributed by atoms with Gasteiger partial charge in [0, 0.05) is 18.1 Å². The van der Waals surface area contributed by atoms with E-state index >= 15 is 0 Å². The summed E-state index contributed by atoms with van der Waals surface area (Å²) >= 11 is 13.1. The minimum atomic E-state index is -0.602. The summed E-state index contributed by atoms with van der Waals surface area (Å²) in [6.45, 7) is 9.95. The van der Waals surface area contributed by atoms with Crippen LogP contribution in [-0.4, -0.2) is 41.9 Å². The van der Waals surface area contributed by atoms with Gasteiger partial charge in [-0.2, -0.15) is 0 Å². The average Bonchev–Trinajstić information content (AvgIpc) is 2.97. The van der Waals surface area contributed by atoms with Crippen molar-refractivity contribution in [3.8, 4) is 0 Å². The van der Waals surface area contributed by atoms with E-state index in [-0.39, 0.29) is 33.2 Å². The Balaban J connectivity index is 2.50. The van der Waals surface area contributed by atoms with Crippen molar-refractivity contribution < 1.29 is 19.1 Å². The Morgan fingerprint density at radius 2 is 1.80 bits per heavy atom. The highest BCUT2D eigenvalue weighted by Crippen LogP contribution is 2.35. The maximum Gasteiger partial charge on any atom is 0.341 e. The second-order valence-corrected chi connectivity index (χ2v) is 8.63. The van der Waals surface area contributed by atoms with Gasteiger partial charge in [0.25, 0.3) is 11.8 Å². The third-order valence-corrected chi connectivity index (χ3v) is 6.08. The molecule has 162 valence electrons. The summed E-state index contributed by atoms with van der Waals surface area (Å²) < 4.78 is 5.34. The van der Waals surface area contributed by atoms with Crippen LogP contribution in [0.1, 0.15) is 63.6 Å². The Labute approximate surface area is 190 Å². The number of rotatable bonds is 7. The number of hydrogen-bond acceptors (Lipinski definition) is 5. The first kappa shape index (κ1) is 24.2. The van der Waals surface area contributed by atoms with Crippen LogP contribution in [0.3, 0.4) is 0 Å². The first-order valence-electron chi connectivity index (χ1n) is 9.50. The van der Waals surface area contributed by atoms with E-state index in [0.717, 1.165) is 11.3 Å². The van der Waals surface area contributed by atoms with Gasteiger partial charge in [-0.1, -0.05) is 23.2 Å². The lowest BCUT2D eigenvalue weighted by molar-refractivity contribution is 0.0379. The molecule has 30 heavy (non-hydrogen) atoms. The molecule has 0 spiro atoms. The number of halogens is 2. The highest BCUT2D eigenvalue weighted by atomic mass is 35.5. The number of hydrogen-bond donors (Lipinski definition) is 1. The van der Waals surface area contributed by atoms with Gasteiger partial charge in [-0.25, -0.2) is 4.79 Å². The number of anilines is 1. The van der Waals surface area contributed by atoms with Crippen molar-refractivity contribution in [2.45, 2.75) is 40.7 Å². The van der Waals surface area contributed by atoms with Crippen molar-refractivity contribution in [3.05, 3.63) is 49.8 Å². The van der Waals surface area contributed by atoms with Gasteiger partial charge in [0.15, 0.2) is 0 Å². The summed E-state index contributed by atoms with van der Waals surface area (Å²) in [6.07, 6.45) is -0.354. The largest absolute Gasteiger partial charge is 0.459 e. The Hall–Kier alpha value is -2.09. The van der Waals surface area contributed by atoms with Crippen molar-refractivity contribution >= 4 is 57.3 Å². The number of carbonyl (C=O) groups is 3. The van der Waals surface area contributed by atoms with Gasteiger partial charge in [-0.05, 0) is 58.4 Å². The fourth-order valence-electron chi connectivity index (χ4n) is 2.82. The molecule has 0 unspecified atom stereocenters. The fourth-order valence-corrected chi connectivity index (χ4v) is 4.48. The van der Waals surface area contributed by atoms with E-state index in [4.69, 9.17) is 27.9 Å². The molecule has 0 atom stereocenters. The van der Waals surface area contributed by atoms with Gasteiger partial charge in [-0.3, -0.25) is 9.59 Å². The number of carbonyl (C=O) groups excluding carboxylic acids is 3. The number of nitrogens with one attached hydrogen (secondary N) is 1. The number of amides is 2. The van der Waals surface area contributed by atoms with Crippen LogP contribution in [0.15, 0.2) is 18.2 Å². The van der Waals surface area contributed by atoms with E-state index in [9.17, 15) is 14.4 Å². The molecule has 1 heterocycles. The lowest BCUT2D eigenvalue weighted by Gasteiger charge is -2.18. The molecule has 0 saturated carbocycles. The summed E-state index contributed by atoms with van der Waals surface area (Å²) in [5.74, 6) is -1.32. The standard InChI is InChI=1S/C21H24Cl2N2O4S/c1-6-25(7-2)20(27)17-12(5)16(21(28)29-11(3)4)19(30-17)24-18(26)14-9-8-13(22)10-15(14)23/h8-11H,6-7H2,1-5H3,(H,24,26). The van der Waals surface area contributed by atoms with Gasteiger partial charge >= 0.3 is 5.97 Å². The van der Waals surface area contributed by atoms with Gasteiger partial charge in [-0.15, -0.1) is 11.3 Å². The molecule has 0 bridgehead atoms. The summed E-state index contributed by atoms with van der Waals surface area (Å²) in [6, 6.07) is 4.50. The lowest BCUT2D eigenvalue weighted by atomic mass is 10.1. The first-order chi connectivity index (χ1) is 14.1. The minimum absolute atomic E-state index is 0.169. The van der Waals surface area contributed by atoms with Gasteiger partial charge in [0.2, 0.25) is 0 Å². The second kappa shape index (κ2) is 10.3. The maximum absolute atomic E-state index is 12.9. The first-order valence-corrected chi connectivity index (χ1v) is 11.1. The van der Waals surface area contributed by atoms with Gasteiger partial charge in [0.05, 0.1) is 27.1 Å². The van der Waals surface area contributed by atoms with Crippen LogP contribution < -0.4 is 5.32 Å². The molecule has 2 aromatic rings. The topological polar surface area (TPSA) is 75.7 Å². The lowest BCUT2D eigenvalue weighted by Crippen LogP contribution is -2.30. The third kappa shape index (κ3) is 5.33. The van der Waals surface area contributed by atoms with Crippen molar-refractivity contribution in [1.29, 1.82) is 0 Å². The number of nitrogens with zero attached hydrogens (tertiary/aromatic N) is 1. The molecule has 0 fully saturated rings. The quantitative estimate of drug-likeness (QED) is 0.529. The summed E-state index contributed by atoms with van der Waals surface area (Å²) in [4.78, 5) is 40.5. The minimum Gasteiger partial charge on any atom is -0.459 e. The molecule has 1 aromatic heterocycles. The van der Waals surface area contributed by atoms with E-state index < -0.39 is 11.9 Å². The Kier molecular flexibility index (Phi) is 8.29. The summed E-state index contributed by atoms with van der Waals surface area (Å²) in [7, 11) is 0. The number of ether oxygens (including phenoxy) is 1. The van der Waals surface area contributed by atoms with E-state index in [1.807, 2.05) is 13.8 Å². The molecule has 2 amide bonds. The van der Waals surface area contributed by atoms with E-state index in [2.05, 4.69) is 5.32 Å². The zero-order valence-electron chi connectivity index (χ0n) is 17.5. The predicted octanol–water partition coefficient (Wildman–Crippen LogP) is 5.66. The highest BCUT2D eigenvalue weighted by Gasteiger charge is 2.29. The van der Waals surface area contributed by atoms with Crippen molar-refractivity contribution in [1.82, 2.24) is 4.90 Å². The van der Waals surface area contributed by atoms with Crippen LogP contribution in [-0.2, 0) is 4.74 Å². The van der Waals surface area contributed by atoms with Crippen molar-refractivity contribution in [2.75, 3.05) is 18.4 Å². The number of benzene rings is 1. The molecular formula is C21H24Cl2N2O4S. The van der Waals surface area contributed by atoms with Crippen LogP contribution in [0.25, 0.3) is 0 Å². The zero-order chi connectivity index (χ0) is 22.6. The Morgan fingerprint density at radius 3 is 2.33 bits per heavy atom. The molecule has 1 N–H and O–H groups in total. The van der Waals surface area contributed by atoms with Crippen LogP contribution >= 0.6 is 34.5 Å². The van der Waals surface area contributed by atoms with Crippen molar-refractivity contribution in [3.63, 3.8) is 0 Å².